The number of hydrogen-bond donors (Lipinski definition) is 4. The fourth-order valence-electron chi connectivity index (χ4n) is 4.32. The number of aliphatic hydroxyl groups is 1. The molecule has 0 aliphatic carbocycles. The van der Waals surface area contributed by atoms with Gasteiger partial charge in [0.25, 0.3) is 0 Å². The van der Waals surface area contributed by atoms with Crippen LogP contribution in [0.4, 0.5) is 0 Å². The van der Waals surface area contributed by atoms with Gasteiger partial charge < -0.3 is 25.8 Å². The zero-order valence-electron chi connectivity index (χ0n) is 22.4. The Balaban J connectivity index is 1.69. The van der Waals surface area contributed by atoms with Crippen molar-refractivity contribution in [3.05, 3.63) is 114 Å². The number of carbonyl (C=O) groups excluding carboxylic acids is 3. The molecule has 2 bridgehead atoms. The third-order valence-corrected chi connectivity index (χ3v) is 6.48. The standard InChI is InChI=1S/C32H33N3O5/c1-21(2)30-28(34-26(36)18-15-22-9-5-3-6-10-22)32(39)35-27(29(37)24-11-7-4-8-12-24)31(38)33-20-19-23-13-16-25(40-30)17-14-23/h3-21,27-30,37H,1-2H3,(H,33,38)(H,34,36)(H,35,39)/b18-15+,20-19-/t27-,28-,29-,30-/m1/s1. The molecule has 0 radical (unpaired) electrons. The van der Waals surface area contributed by atoms with E-state index in [-0.39, 0.29) is 5.92 Å². The number of benzene rings is 3. The highest BCUT2D eigenvalue weighted by atomic mass is 16.5. The zero-order chi connectivity index (χ0) is 28.5. The predicted molar refractivity (Wildman–Crippen MR) is 154 cm³/mol. The van der Waals surface area contributed by atoms with Gasteiger partial charge in [-0.05, 0) is 46.9 Å². The van der Waals surface area contributed by atoms with Gasteiger partial charge in [0, 0.05) is 12.3 Å². The van der Waals surface area contributed by atoms with Crippen LogP contribution < -0.4 is 20.7 Å². The molecule has 0 unspecified atom stereocenters. The fourth-order valence-corrected chi connectivity index (χ4v) is 4.32. The Hall–Kier alpha value is -4.69. The van der Waals surface area contributed by atoms with Crippen LogP contribution in [-0.2, 0) is 14.4 Å². The van der Waals surface area contributed by atoms with Crippen molar-refractivity contribution in [2.24, 2.45) is 5.92 Å². The minimum absolute atomic E-state index is 0.215. The van der Waals surface area contributed by atoms with Gasteiger partial charge in [0.05, 0.1) is 0 Å². The first-order valence-electron chi connectivity index (χ1n) is 13.1. The SMILES string of the molecule is CC(C)[C@H]1Oc2ccc(cc2)/C=C\NC(=O)[C@@H]([C@H](O)c2ccccc2)NC(=O)[C@@H]1NC(=O)/C=C/c1ccccc1. The maximum atomic E-state index is 13.8. The molecule has 2 aliphatic rings. The molecule has 3 aromatic carbocycles. The van der Waals surface area contributed by atoms with Crippen molar-refractivity contribution >= 4 is 29.9 Å². The quantitative estimate of drug-likeness (QED) is 0.357. The van der Waals surface area contributed by atoms with Crippen molar-refractivity contribution in [3.63, 3.8) is 0 Å². The third-order valence-electron chi connectivity index (χ3n) is 6.48. The van der Waals surface area contributed by atoms with E-state index in [1.54, 1.807) is 54.6 Å². The number of carbonyl (C=O) groups is 3. The maximum Gasteiger partial charge on any atom is 0.249 e. The molecule has 3 amide bonds. The minimum atomic E-state index is -1.35. The molecule has 8 nitrogen and oxygen atoms in total. The van der Waals surface area contributed by atoms with Crippen LogP contribution in [-0.4, -0.2) is 41.0 Å². The highest BCUT2D eigenvalue weighted by molar-refractivity contribution is 5.97. The van der Waals surface area contributed by atoms with Crippen molar-refractivity contribution < 1.29 is 24.2 Å². The van der Waals surface area contributed by atoms with Gasteiger partial charge in [0.2, 0.25) is 17.7 Å². The van der Waals surface area contributed by atoms with E-state index < -0.39 is 42.0 Å². The van der Waals surface area contributed by atoms with Crippen LogP contribution in [0.1, 0.15) is 36.6 Å². The van der Waals surface area contributed by atoms with Crippen molar-refractivity contribution in [2.45, 2.75) is 38.1 Å². The molecular formula is C32H33N3O5. The monoisotopic (exact) mass is 539 g/mol. The fraction of sp³-hybridized carbons (Fsp3) is 0.219. The first-order valence-corrected chi connectivity index (χ1v) is 13.1. The van der Waals surface area contributed by atoms with Crippen molar-refractivity contribution in [3.8, 4) is 5.75 Å². The molecule has 0 fully saturated rings. The molecule has 0 saturated carbocycles. The number of aliphatic hydroxyl groups excluding tert-OH is 1. The summed E-state index contributed by atoms with van der Waals surface area (Å²) in [7, 11) is 0. The van der Waals surface area contributed by atoms with Gasteiger partial charge in [-0.15, -0.1) is 0 Å². The molecule has 0 spiro atoms. The highest BCUT2D eigenvalue weighted by Crippen LogP contribution is 2.22. The Bertz CT molecular complexity index is 1350. The van der Waals surface area contributed by atoms with Crippen molar-refractivity contribution in [1.82, 2.24) is 16.0 Å². The van der Waals surface area contributed by atoms with Crippen LogP contribution >= 0.6 is 0 Å². The number of nitrogens with one attached hydrogen (secondary N) is 3. The second kappa shape index (κ2) is 13.4. The Labute approximate surface area is 233 Å². The summed E-state index contributed by atoms with van der Waals surface area (Å²) < 4.78 is 6.24. The Morgan fingerprint density at radius 3 is 2.23 bits per heavy atom. The van der Waals surface area contributed by atoms with Crippen LogP contribution in [0.2, 0.25) is 0 Å². The average molecular weight is 540 g/mol. The first-order chi connectivity index (χ1) is 19.3. The number of ether oxygens (including phenoxy) is 1. The summed E-state index contributed by atoms with van der Waals surface area (Å²) >= 11 is 0. The van der Waals surface area contributed by atoms with E-state index in [1.807, 2.05) is 56.3 Å². The molecule has 0 saturated heterocycles. The molecule has 3 aromatic rings. The van der Waals surface area contributed by atoms with Crippen molar-refractivity contribution in [2.75, 3.05) is 0 Å². The van der Waals surface area contributed by atoms with Gasteiger partial charge >= 0.3 is 0 Å². The molecule has 2 heterocycles. The van der Waals surface area contributed by atoms with Crippen LogP contribution in [0.3, 0.4) is 0 Å². The molecule has 4 N–H and O–H groups in total. The summed E-state index contributed by atoms with van der Waals surface area (Å²) in [6.45, 7) is 3.75. The van der Waals surface area contributed by atoms with Crippen LogP contribution in [0.15, 0.2) is 97.2 Å². The summed E-state index contributed by atoms with van der Waals surface area (Å²) in [5.41, 5.74) is 2.08. The summed E-state index contributed by atoms with van der Waals surface area (Å²) in [5.74, 6) is -1.50. The lowest BCUT2D eigenvalue weighted by molar-refractivity contribution is -0.135. The summed E-state index contributed by atoms with van der Waals surface area (Å²) in [4.78, 5) is 40.1. The number of amides is 3. The molecule has 4 atom stereocenters. The summed E-state index contributed by atoms with van der Waals surface area (Å²) in [6, 6.07) is 22.5. The van der Waals surface area contributed by atoms with Gasteiger partial charge in [0.1, 0.15) is 30.0 Å². The van der Waals surface area contributed by atoms with Crippen molar-refractivity contribution in [1.29, 1.82) is 0 Å². The van der Waals surface area contributed by atoms with Gasteiger partial charge in [-0.2, -0.15) is 0 Å². The lowest BCUT2D eigenvalue weighted by atomic mass is 9.96. The molecule has 206 valence electrons. The number of hydrogen-bond acceptors (Lipinski definition) is 5. The Morgan fingerprint density at radius 1 is 0.925 bits per heavy atom. The Morgan fingerprint density at radius 2 is 1.57 bits per heavy atom. The molecule has 5 rings (SSSR count). The number of rotatable bonds is 6. The highest BCUT2D eigenvalue weighted by Gasteiger charge is 2.38. The van der Waals surface area contributed by atoms with E-state index in [0.29, 0.717) is 11.3 Å². The van der Waals surface area contributed by atoms with E-state index in [1.165, 1.54) is 12.3 Å². The smallest absolute Gasteiger partial charge is 0.249 e. The lowest BCUT2D eigenvalue weighted by Crippen LogP contribution is -2.60. The van der Waals surface area contributed by atoms with E-state index in [4.69, 9.17) is 4.74 Å². The van der Waals surface area contributed by atoms with Crippen LogP contribution in [0.5, 0.6) is 5.75 Å². The molecule has 2 aliphatic heterocycles. The van der Waals surface area contributed by atoms with E-state index in [9.17, 15) is 19.5 Å². The molecule has 8 heteroatoms. The van der Waals surface area contributed by atoms with Gasteiger partial charge in [-0.3, -0.25) is 14.4 Å². The van der Waals surface area contributed by atoms with Gasteiger partial charge in [-0.25, -0.2) is 0 Å². The molecule has 0 aromatic heterocycles. The zero-order valence-corrected chi connectivity index (χ0v) is 22.4. The second-order valence-corrected chi connectivity index (χ2v) is 9.81. The minimum Gasteiger partial charge on any atom is -0.487 e. The largest absolute Gasteiger partial charge is 0.487 e. The number of fused-ring (bicyclic) bond motifs is 10. The molecular weight excluding hydrogens is 506 g/mol. The predicted octanol–water partition coefficient (Wildman–Crippen LogP) is 3.61. The van der Waals surface area contributed by atoms with Crippen LogP contribution in [0, 0.1) is 5.92 Å². The first kappa shape index (κ1) is 28.3. The second-order valence-electron chi connectivity index (χ2n) is 9.81. The van der Waals surface area contributed by atoms with E-state index in [0.717, 1.165) is 11.1 Å². The maximum absolute atomic E-state index is 13.8. The van der Waals surface area contributed by atoms with Crippen LogP contribution in [0.25, 0.3) is 12.2 Å². The Kier molecular flexibility index (Phi) is 9.48. The van der Waals surface area contributed by atoms with Gasteiger partial charge in [0.15, 0.2) is 0 Å². The topological polar surface area (TPSA) is 117 Å². The lowest BCUT2D eigenvalue weighted by Gasteiger charge is -2.32. The van der Waals surface area contributed by atoms with E-state index in [2.05, 4.69) is 16.0 Å². The van der Waals surface area contributed by atoms with Gasteiger partial charge in [-0.1, -0.05) is 86.6 Å². The average Bonchev–Trinajstić information content (AvgIpc) is 2.97. The summed E-state index contributed by atoms with van der Waals surface area (Å²) in [5, 5.41) is 19.2. The normalized spacial score (nSPS) is 21.1. The summed E-state index contributed by atoms with van der Waals surface area (Å²) in [6.07, 6.45) is 3.98. The third kappa shape index (κ3) is 7.45. The molecule has 40 heavy (non-hydrogen) atoms. The van der Waals surface area contributed by atoms with E-state index >= 15 is 0 Å².